The van der Waals surface area contributed by atoms with Gasteiger partial charge < -0.3 is 9.84 Å². The minimum absolute atomic E-state index is 0.0532. The maximum atomic E-state index is 11.2. The summed E-state index contributed by atoms with van der Waals surface area (Å²) in [6, 6.07) is 12.9. The van der Waals surface area contributed by atoms with Crippen molar-refractivity contribution in [3.8, 4) is 5.75 Å². The molecule has 20 heavy (non-hydrogen) atoms. The molecule has 0 heterocycles. The average molecular weight is 356 g/mol. The zero-order valence-electron chi connectivity index (χ0n) is 10.5. The minimum atomic E-state index is -1.07. The molecule has 0 atom stereocenters. The third-order valence-electron chi connectivity index (χ3n) is 2.72. The molecule has 5 heteroatoms. The molecule has 0 aliphatic rings. The lowest BCUT2D eigenvalue weighted by Crippen LogP contribution is -2.07. The topological polar surface area (TPSA) is 46.5 Å². The van der Waals surface area contributed by atoms with Crippen LogP contribution in [-0.2, 0) is 6.42 Å². The van der Waals surface area contributed by atoms with Crippen molar-refractivity contribution in [2.24, 2.45) is 0 Å². The van der Waals surface area contributed by atoms with Crippen LogP contribution in [0.25, 0.3) is 0 Å². The second-order valence-corrected chi connectivity index (χ2v) is 5.44. The van der Waals surface area contributed by atoms with Gasteiger partial charge in [0.15, 0.2) is 0 Å². The van der Waals surface area contributed by atoms with Gasteiger partial charge in [0.25, 0.3) is 0 Å². The minimum Gasteiger partial charge on any atom is -0.491 e. The molecule has 0 radical (unpaired) electrons. The molecule has 0 spiro atoms. The molecule has 104 valence electrons. The monoisotopic (exact) mass is 354 g/mol. The summed E-state index contributed by atoms with van der Waals surface area (Å²) in [6.07, 6.45) is 0.703. The van der Waals surface area contributed by atoms with Crippen LogP contribution in [0.15, 0.2) is 46.9 Å². The molecule has 2 aromatic rings. The van der Waals surface area contributed by atoms with Crippen LogP contribution < -0.4 is 4.74 Å². The number of hydrogen-bond acceptors (Lipinski definition) is 2. The van der Waals surface area contributed by atoms with Crippen molar-refractivity contribution < 1.29 is 14.6 Å². The van der Waals surface area contributed by atoms with Crippen LogP contribution in [0.5, 0.6) is 5.75 Å². The number of rotatable bonds is 5. The van der Waals surface area contributed by atoms with Gasteiger partial charge in [-0.1, -0.05) is 41.9 Å². The second kappa shape index (κ2) is 6.77. The van der Waals surface area contributed by atoms with Crippen LogP contribution >= 0.6 is 27.5 Å². The number of benzene rings is 2. The zero-order chi connectivity index (χ0) is 14.5. The molecule has 0 saturated heterocycles. The first kappa shape index (κ1) is 14.9. The van der Waals surface area contributed by atoms with Crippen LogP contribution in [0.3, 0.4) is 0 Å². The van der Waals surface area contributed by atoms with E-state index >= 15 is 0 Å². The molecular weight excluding hydrogens is 344 g/mol. The van der Waals surface area contributed by atoms with Crippen LogP contribution in [0, 0.1) is 0 Å². The number of carbonyl (C=O) groups is 1. The number of hydrogen-bond donors (Lipinski definition) is 1. The number of carboxylic acid groups (broad SMARTS) is 1. The van der Waals surface area contributed by atoms with Gasteiger partial charge in [0.05, 0.1) is 11.1 Å². The largest absolute Gasteiger partial charge is 0.491 e. The fourth-order valence-corrected chi connectivity index (χ4v) is 2.71. The Morgan fingerprint density at radius 3 is 2.60 bits per heavy atom. The van der Waals surface area contributed by atoms with E-state index in [1.54, 1.807) is 6.07 Å². The van der Waals surface area contributed by atoms with Gasteiger partial charge in [-0.05, 0) is 33.6 Å². The van der Waals surface area contributed by atoms with Gasteiger partial charge in [-0.25, -0.2) is 4.79 Å². The second-order valence-electron chi connectivity index (χ2n) is 4.15. The molecule has 2 aromatic carbocycles. The molecule has 0 aromatic heterocycles. The van der Waals surface area contributed by atoms with Crippen molar-refractivity contribution >= 4 is 33.5 Å². The van der Waals surface area contributed by atoms with Crippen molar-refractivity contribution in [3.63, 3.8) is 0 Å². The van der Waals surface area contributed by atoms with E-state index in [0.717, 1.165) is 5.56 Å². The van der Waals surface area contributed by atoms with Crippen LogP contribution in [0.1, 0.15) is 15.9 Å². The molecule has 0 unspecified atom stereocenters. The molecule has 0 bridgehead atoms. The highest BCUT2D eigenvalue weighted by molar-refractivity contribution is 9.10. The van der Waals surface area contributed by atoms with Gasteiger partial charge in [-0.3, -0.25) is 0 Å². The van der Waals surface area contributed by atoms with Crippen LogP contribution in [0.4, 0.5) is 0 Å². The fraction of sp³-hybridized carbons (Fsp3) is 0.133. The maximum absolute atomic E-state index is 11.2. The predicted octanol–water partition coefficient (Wildman–Crippen LogP) is 4.42. The molecule has 1 N–H and O–H groups in total. The number of halogens is 2. The Kier molecular flexibility index (Phi) is 5.04. The SMILES string of the molecule is O=C(O)c1cc(Cl)cc(Br)c1OCCc1ccccc1. The van der Waals surface area contributed by atoms with E-state index in [9.17, 15) is 9.90 Å². The predicted molar refractivity (Wildman–Crippen MR) is 81.8 cm³/mol. The van der Waals surface area contributed by atoms with Gasteiger partial charge in [-0.2, -0.15) is 0 Å². The lowest BCUT2D eigenvalue weighted by atomic mass is 10.1. The molecule has 0 fully saturated rings. The summed E-state index contributed by atoms with van der Waals surface area (Å²) >= 11 is 9.13. The quantitative estimate of drug-likeness (QED) is 0.863. The lowest BCUT2D eigenvalue weighted by Gasteiger charge is -2.11. The first-order valence-electron chi connectivity index (χ1n) is 5.97. The van der Waals surface area contributed by atoms with E-state index in [1.165, 1.54) is 6.07 Å². The molecule has 0 aliphatic carbocycles. The molecule has 2 rings (SSSR count). The molecule has 0 amide bonds. The van der Waals surface area contributed by atoms with Gasteiger partial charge in [0, 0.05) is 11.4 Å². The summed E-state index contributed by atoms with van der Waals surface area (Å²) in [5, 5.41) is 9.52. The standard InChI is InChI=1S/C15H12BrClO3/c16-13-9-11(17)8-12(15(18)19)14(13)20-7-6-10-4-2-1-3-5-10/h1-5,8-9H,6-7H2,(H,18,19). The van der Waals surface area contributed by atoms with E-state index in [2.05, 4.69) is 15.9 Å². The van der Waals surface area contributed by atoms with E-state index in [1.807, 2.05) is 30.3 Å². The molecular formula is C15H12BrClO3. The van der Waals surface area contributed by atoms with Gasteiger partial charge >= 0.3 is 5.97 Å². The zero-order valence-corrected chi connectivity index (χ0v) is 12.8. The Balaban J connectivity index is 2.11. The van der Waals surface area contributed by atoms with Crippen molar-refractivity contribution in [2.45, 2.75) is 6.42 Å². The van der Waals surface area contributed by atoms with Gasteiger partial charge in [0.2, 0.25) is 0 Å². The van der Waals surface area contributed by atoms with Crippen LogP contribution in [0.2, 0.25) is 5.02 Å². The highest BCUT2D eigenvalue weighted by Crippen LogP contribution is 2.32. The molecule has 3 nitrogen and oxygen atoms in total. The summed E-state index contributed by atoms with van der Waals surface area (Å²) in [4.78, 5) is 11.2. The summed E-state index contributed by atoms with van der Waals surface area (Å²) in [7, 11) is 0. The van der Waals surface area contributed by atoms with E-state index < -0.39 is 5.97 Å². The summed E-state index contributed by atoms with van der Waals surface area (Å²) < 4.78 is 6.14. The Morgan fingerprint density at radius 2 is 1.95 bits per heavy atom. The first-order valence-corrected chi connectivity index (χ1v) is 7.14. The van der Waals surface area contributed by atoms with E-state index in [0.29, 0.717) is 28.3 Å². The van der Waals surface area contributed by atoms with E-state index in [-0.39, 0.29) is 5.56 Å². The summed E-state index contributed by atoms with van der Waals surface area (Å²) in [5.74, 6) is -0.763. The van der Waals surface area contributed by atoms with Crippen molar-refractivity contribution in [3.05, 3.63) is 63.1 Å². The third kappa shape index (κ3) is 3.74. The average Bonchev–Trinajstić information content (AvgIpc) is 2.41. The lowest BCUT2D eigenvalue weighted by molar-refractivity contribution is 0.0692. The van der Waals surface area contributed by atoms with Crippen molar-refractivity contribution in [1.29, 1.82) is 0 Å². The van der Waals surface area contributed by atoms with Crippen molar-refractivity contribution in [1.82, 2.24) is 0 Å². The fourth-order valence-electron chi connectivity index (χ4n) is 1.78. The number of aromatic carboxylic acids is 1. The van der Waals surface area contributed by atoms with Crippen LogP contribution in [-0.4, -0.2) is 17.7 Å². The van der Waals surface area contributed by atoms with Gasteiger partial charge in [0.1, 0.15) is 11.3 Å². The Bertz CT molecular complexity index is 614. The normalized spacial score (nSPS) is 10.3. The Morgan fingerprint density at radius 1 is 1.25 bits per heavy atom. The van der Waals surface area contributed by atoms with Gasteiger partial charge in [-0.15, -0.1) is 0 Å². The Hall–Kier alpha value is -1.52. The maximum Gasteiger partial charge on any atom is 0.339 e. The molecule has 0 aliphatic heterocycles. The Labute approximate surface area is 130 Å². The third-order valence-corrected chi connectivity index (χ3v) is 3.53. The molecule has 0 saturated carbocycles. The summed E-state index contributed by atoms with van der Waals surface area (Å²) in [5.41, 5.74) is 1.19. The number of carboxylic acids is 1. The number of ether oxygens (including phenoxy) is 1. The van der Waals surface area contributed by atoms with Crippen molar-refractivity contribution in [2.75, 3.05) is 6.61 Å². The highest BCUT2D eigenvalue weighted by atomic mass is 79.9. The highest BCUT2D eigenvalue weighted by Gasteiger charge is 2.16. The smallest absolute Gasteiger partial charge is 0.339 e. The summed E-state index contributed by atoms with van der Waals surface area (Å²) in [6.45, 7) is 0.393. The van der Waals surface area contributed by atoms with E-state index in [4.69, 9.17) is 16.3 Å². The first-order chi connectivity index (χ1) is 9.58.